The predicted molar refractivity (Wildman–Crippen MR) is 207 cm³/mol. The van der Waals surface area contributed by atoms with Gasteiger partial charge in [-0.05, 0) is 67.7 Å². The molecule has 288 valence electrons. The second-order valence-corrected chi connectivity index (χ2v) is 14.4. The number of hydroxylamine groups is 1. The molecule has 1 unspecified atom stereocenters. The fourth-order valence-corrected chi connectivity index (χ4v) is 7.93. The Balaban J connectivity index is 0.988. The van der Waals surface area contributed by atoms with Gasteiger partial charge in [0, 0.05) is 82.0 Å². The molecule has 8 rings (SSSR count). The number of benzene rings is 3. The maximum absolute atomic E-state index is 14.9. The summed E-state index contributed by atoms with van der Waals surface area (Å²) in [5.41, 5.74) is 2.70. The number of halogens is 2. The Morgan fingerprint density at radius 2 is 1.60 bits per heavy atom. The SMILES string of the molecule is C=CC(=O)Nc1cc(Nc2cc(N3OCCC3c3cc(F)cc(Oc4cccc(F)c4)c3)ncn2)c(OC)cc1N1CCC(N2CCN(C3CC3)CC2)CC1. The number of rotatable bonds is 12. The zero-order chi connectivity index (χ0) is 37.9. The second-order valence-electron chi connectivity index (χ2n) is 14.4. The standard InChI is InChI=1S/C41H46F2N8O4/c1-3-41(52)47-34-23-35(38(53-2)24-37(34)50-12-9-31(10-13-50)49-16-14-48(15-17-49)30-7-8-30)46-39-25-40(45-26-44-39)51-36(11-18-54-51)27-19-29(43)22-33(20-27)55-32-6-4-5-28(42)21-32/h3-6,19-26,30-31,36H,1,7-18H2,2H3,(H,47,52)(H,44,45,46). The average Bonchev–Trinajstić information content (AvgIpc) is 3.93. The summed E-state index contributed by atoms with van der Waals surface area (Å²) in [6, 6.07) is 16.6. The van der Waals surface area contributed by atoms with Crippen molar-refractivity contribution in [2.24, 2.45) is 0 Å². The number of methoxy groups -OCH3 is 1. The molecule has 14 heteroatoms. The number of piperazine rings is 1. The lowest BCUT2D eigenvalue weighted by molar-refractivity contribution is -0.111. The van der Waals surface area contributed by atoms with E-state index in [9.17, 15) is 13.6 Å². The average molecular weight is 753 g/mol. The fourth-order valence-electron chi connectivity index (χ4n) is 7.93. The van der Waals surface area contributed by atoms with Crippen LogP contribution in [0.4, 0.5) is 37.5 Å². The maximum Gasteiger partial charge on any atom is 0.247 e. The van der Waals surface area contributed by atoms with E-state index in [-0.39, 0.29) is 23.4 Å². The van der Waals surface area contributed by atoms with Crippen molar-refractivity contribution in [3.05, 3.63) is 96.8 Å². The molecule has 4 aliphatic rings. The summed E-state index contributed by atoms with van der Waals surface area (Å²) in [6.45, 7) is 10.3. The molecule has 55 heavy (non-hydrogen) atoms. The van der Waals surface area contributed by atoms with E-state index >= 15 is 0 Å². The van der Waals surface area contributed by atoms with Crippen LogP contribution < -0.4 is 30.1 Å². The fraction of sp³-hybridized carbons (Fsp3) is 0.390. The van der Waals surface area contributed by atoms with Crippen LogP contribution in [0.25, 0.3) is 0 Å². The van der Waals surface area contributed by atoms with Crippen LogP contribution in [0.3, 0.4) is 0 Å². The number of carbonyl (C=O) groups excluding carboxylic acids is 1. The number of carbonyl (C=O) groups is 1. The molecule has 4 aromatic rings. The van der Waals surface area contributed by atoms with Gasteiger partial charge in [0.25, 0.3) is 0 Å². The highest BCUT2D eigenvalue weighted by atomic mass is 19.1. The van der Waals surface area contributed by atoms with E-state index < -0.39 is 11.6 Å². The number of anilines is 5. The Morgan fingerprint density at radius 3 is 2.31 bits per heavy atom. The minimum atomic E-state index is -0.498. The third-order valence-corrected chi connectivity index (χ3v) is 10.9. The van der Waals surface area contributed by atoms with Crippen LogP contribution in [-0.2, 0) is 9.63 Å². The number of nitrogens with one attached hydrogen (secondary N) is 2. The van der Waals surface area contributed by atoms with Crippen LogP contribution in [0, 0.1) is 11.6 Å². The molecule has 1 saturated carbocycles. The Morgan fingerprint density at radius 1 is 0.855 bits per heavy atom. The minimum Gasteiger partial charge on any atom is -0.494 e. The molecule has 4 heterocycles. The summed E-state index contributed by atoms with van der Waals surface area (Å²) in [6.07, 6.45) is 8.02. The van der Waals surface area contributed by atoms with E-state index in [1.165, 1.54) is 55.6 Å². The molecular formula is C41H46F2N8O4. The van der Waals surface area contributed by atoms with Crippen molar-refractivity contribution in [2.45, 2.75) is 50.2 Å². The van der Waals surface area contributed by atoms with E-state index in [0.29, 0.717) is 53.4 Å². The first-order chi connectivity index (χ1) is 26.8. The van der Waals surface area contributed by atoms with Crippen LogP contribution in [0.5, 0.6) is 17.2 Å². The van der Waals surface area contributed by atoms with E-state index in [2.05, 4.69) is 41.9 Å². The third-order valence-electron chi connectivity index (χ3n) is 10.9. The van der Waals surface area contributed by atoms with Crippen LogP contribution >= 0.6 is 0 Å². The normalized spacial score (nSPS) is 19.7. The van der Waals surface area contributed by atoms with Crippen LogP contribution in [0.2, 0.25) is 0 Å². The highest BCUT2D eigenvalue weighted by molar-refractivity contribution is 6.02. The molecule has 2 N–H and O–H groups in total. The summed E-state index contributed by atoms with van der Waals surface area (Å²) in [5.74, 6) is 0.701. The van der Waals surface area contributed by atoms with Crippen molar-refractivity contribution < 1.29 is 27.9 Å². The lowest BCUT2D eigenvalue weighted by Gasteiger charge is -2.43. The Bertz CT molecular complexity index is 2020. The molecule has 1 amide bonds. The highest BCUT2D eigenvalue weighted by Gasteiger charge is 2.34. The quantitative estimate of drug-likeness (QED) is 0.145. The number of piperidine rings is 1. The van der Waals surface area contributed by atoms with Crippen molar-refractivity contribution in [1.29, 1.82) is 0 Å². The molecule has 4 fully saturated rings. The number of hydrogen-bond acceptors (Lipinski definition) is 11. The van der Waals surface area contributed by atoms with Gasteiger partial charge in [0.1, 0.15) is 41.0 Å². The first kappa shape index (κ1) is 36.7. The zero-order valence-electron chi connectivity index (χ0n) is 30.9. The largest absolute Gasteiger partial charge is 0.494 e. The smallest absolute Gasteiger partial charge is 0.247 e. The summed E-state index contributed by atoms with van der Waals surface area (Å²) < 4.78 is 40.3. The summed E-state index contributed by atoms with van der Waals surface area (Å²) in [4.78, 5) is 35.2. The van der Waals surface area contributed by atoms with Crippen LogP contribution in [0.1, 0.15) is 43.7 Å². The van der Waals surface area contributed by atoms with Gasteiger partial charge in [0.05, 0.1) is 36.8 Å². The van der Waals surface area contributed by atoms with Crippen molar-refractivity contribution in [3.8, 4) is 17.2 Å². The number of aromatic nitrogens is 2. The molecule has 12 nitrogen and oxygen atoms in total. The van der Waals surface area contributed by atoms with Gasteiger partial charge in [-0.3, -0.25) is 19.4 Å². The highest BCUT2D eigenvalue weighted by Crippen LogP contribution is 2.41. The lowest BCUT2D eigenvalue weighted by atomic mass is 10.0. The molecule has 0 bridgehead atoms. The third kappa shape index (κ3) is 8.51. The van der Waals surface area contributed by atoms with Crippen LogP contribution in [-0.4, -0.2) is 90.7 Å². The van der Waals surface area contributed by atoms with Crippen molar-refractivity contribution >= 4 is 34.6 Å². The molecule has 3 aliphatic heterocycles. The monoisotopic (exact) mass is 752 g/mol. The van der Waals surface area contributed by atoms with E-state index in [1.807, 2.05) is 12.1 Å². The molecule has 3 aromatic carbocycles. The van der Waals surface area contributed by atoms with E-state index in [0.717, 1.165) is 63.8 Å². The van der Waals surface area contributed by atoms with Gasteiger partial charge in [0.2, 0.25) is 5.91 Å². The number of nitrogens with zero attached hydrogens (tertiary/aromatic N) is 6. The lowest BCUT2D eigenvalue weighted by Crippen LogP contribution is -2.53. The van der Waals surface area contributed by atoms with Gasteiger partial charge >= 0.3 is 0 Å². The Kier molecular flexibility index (Phi) is 10.8. The van der Waals surface area contributed by atoms with Gasteiger partial charge in [-0.15, -0.1) is 0 Å². The van der Waals surface area contributed by atoms with Crippen molar-refractivity contribution in [2.75, 3.05) is 73.6 Å². The molecule has 1 aliphatic carbocycles. The zero-order valence-corrected chi connectivity index (χ0v) is 30.9. The number of ether oxygens (including phenoxy) is 2. The number of amides is 1. The predicted octanol–water partition coefficient (Wildman–Crippen LogP) is 7.06. The van der Waals surface area contributed by atoms with Gasteiger partial charge in [-0.25, -0.2) is 23.8 Å². The topological polar surface area (TPSA) is 108 Å². The number of hydrogen-bond donors (Lipinski definition) is 2. The van der Waals surface area contributed by atoms with Crippen molar-refractivity contribution in [1.82, 2.24) is 19.8 Å². The van der Waals surface area contributed by atoms with Gasteiger partial charge in [-0.1, -0.05) is 12.6 Å². The molecule has 1 aromatic heterocycles. The first-order valence-electron chi connectivity index (χ1n) is 19.0. The second kappa shape index (κ2) is 16.2. The molecule has 0 spiro atoms. The molecule has 3 saturated heterocycles. The first-order valence-corrected chi connectivity index (χ1v) is 19.0. The Hall–Kier alpha value is -5.31. The van der Waals surface area contributed by atoms with Gasteiger partial charge in [0.15, 0.2) is 5.82 Å². The summed E-state index contributed by atoms with van der Waals surface area (Å²) in [5, 5.41) is 7.98. The van der Waals surface area contributed by atoms with Gasteiger partial charge in [-0.2, -0.15) is 0 Å². The molecule has 0 radical (unpaired) electrons. The molecule has 1 atom stereocenters. The van der Waals surface area contributed by atoms with E-state index in [4.69, 9.17) is 14.3 Å². The maximum atomic E-state index is 14.9. The summed E-state index contributed by atoms with van der Waals surface area (Å²) >= 11 is 0. The Labute approximate surface area is 319 Å². The summed E-state index contributed by atoms with van der Waals surface area (Å²) in [7, 11) is 1.61. The van der Waals surface area contributed by atoms with Crippen molar-refractivity contribution in [3.63, 3.8) is 0 Å². The minimum absolute atomic E-state index is 0.235. The van der Waals surface area contributed by atoms with Gasteiger partial charge < -0.3 is 25.0 Å². The van der Waals surface area contributed by atoms with Crippen LogP contribution in [0.15, 0.2) is 79.6 Å². The molecular weight excluding hydrogens is 706 g/mol. The van der Waals surface area contributed by atoms with E-state index in [1.54, 1.807) is 30.4 Å².